The fourth-order valence-electron chi connectivity index (χ4n) is 1.88. The number of halogens is 1. The third-order valence-corrected chi connectivity index (χ3v) is 5.07. The van der Waals surface area contributed by atoms with Gasteiger partial charge in [-0.2, -0.15) is 0 Å². The predicted octanol–water partition coefficient (Wildman–Crippen LogP) is 1.94. The first kappa shape index (κ1) is 12.9. The molecule has 4 nitrogen and oxygen atoms in total. The van der Waals surface area contributed by atoms with Crippen molar-refractivity contribution >= 4 is 31.6 Å². The minimum atomic E-state index is -3.29. The smallest absolute Gasteiger partial charge is 0.236 e. The Morgan fingerprint density at radius 2 is 2.24 bits per heavy atom. The van der Waals surface area contributed by atoms with E-state index in [9.17, 15) is 8.42 Å². The Balaban J connectivity index is 2.11. The van der Waals surface area contributed by atoms with Crippen LogP contribution in [-0.2, 0) is 10.0 Å². The van der Waals surface area contributed by atoms with Crippen LogP contribution in [0.4, 0.5) is 5.69 Å². The number of sulfonamides is 1. The van der Waals surface area contributed by atoms with E-state index in [1.54, 1.807) is 18.2 Å². The molecule has 0 bridgehead atoms. The molecule has 2 N–H and O–H groups in total. The normalized spacial score (nSPS) is 21.1. The lowest BCUT2D eigenvalue weighted by atomic mass is 10.2. The lowest BCUT2D eigenvalue weighted by molar-refractivity contribution is 0.499. The molecule has 17 heavy (non-hydrogen) atoms. The second kappa shape index (κ2) is 5.37. The molecule has 0 radical (unpaired) electrons. The zero-order valence-electron chi connectivity index (χ0n) is 9.32. The van der Waals surface area contributed by atoms with Crippen LogP contribution >= 0.6 is 15.9 Å². The number of hydrogen-bond acceptors (Lipinski definition) is 3. The summed E-state index contributed by atoms with van der Waals surface area (Å²) in [4.78, 5) is 0. The van der Waals surface area contributed by atoms with Gasteiger partial charge in [0.25, 0.3) is 0 Å². The van der Waals surface area contributed by atoms with Crippen LogP contribution < -0.4 is 10.0 Å². The third kappa shape index (κ3) is 3.43. The summed E-state index contributed by atoms with van der Waals surface area (Å²) in [5.41, 5.74) is 0.602. The van der Waals surface area contributed by atoms with Gasteiger partial charge in [-0.05, 0) is 37.6 Å². The summed E-state index contributed by atoms with van der Waals surface area (Å²) >= 11 is 3.32. The highest BCUT2D eigenvalue weighted by atomic mass is 79.9. The second-order valence-corrected chi connectivity index (χ2v) is 7.00. The molecular weight excluding hydrogens is 304 g/mol. The molecule has 0 spiro atoms. The maximum absolute atomic E-state index is 12.1. The third-order valence-electron chi connectivity index (χ3n) is 2.78. The zero-order valence-corrected chi connectivity index (χ0v) is 11.7. The molecule has 1 unspecified atom stereocenters. The SMILES string of the molecule is O=S(=O)(Nc1cccc(Br)c1)C1CCCNC1. The van der Waals surface area contributed by atoms with Crippen LogP contribution in [0.15, 0.2) is 28.7 Å². The Morgan fingerprint density at radius 3 is 2.88 bits per heavy atom. The average molecular weight is 319 g/mol. The van der Waals surface area contributed by atoms with Crippen molar-refractivity contribution in [2.45, 2.75) is 18.1 Å². The number of nitrogens with one attached hydrogen (secondary N) is 2. The summed E-state index contributed by atoms with van der Waals surface area (Å²) in [5.74, 6) is 0. The fraction of sp³-hybridized carbons (Fsp3) is 0.455. The molecule has 0 aromatic heterocycles. The van der Waals surface area contributed by atoms with Gasteiger partial charge >= 0.3 is 0 Å². The highest BCUT2D eigenvalue weighted by molar-refractivity contribution is 9.10. The van der Waals surface area contributed by atoms with E-state index in [2.05, 4.69) is 26.0 Å². The van der Waals surface area contributed by atoms with Gasteiger partial charge in [0, 0.05) is 16.7 Å². The first-order valence-electron chi connectivity index (χ1n) is 5.56. The van der Waals surface area contributed by atoms with Gasteiger partial charge in [0.15, 0.2) is 0 Å². The van der Waals surface area contributed by atoms with E-state index < -0.39 is 10.0 Å². The molecule has 1 aromatic carbocycles. The molecule has 0 amide bonds. The monoisotopic (exact) mass is 318 g/mol. The second-order valence-electron chi connectivity index (χ2n) is 4.13. The maximum Gasteiger partial charge on any atom is 0.236 e. The van der Waals surface area contributed by atoms with Crippen molar-refractivity contribution in [2.24, 2.45) is 0 Å². The van der Waals surface area contributed by atoms with Crippen molar-refractivity contribution in [3.63, 3.8) is 0 Å². The molecule has 1 atom stereocenters. The molecule has 1 heterocycles. The Kier molecular flexibility index (Phi) is 4.06. The lowest BCUT2D eigenvalue weighted by Crippen LogP contribution is -2.41. The first-order chi connectivity index (χ1) is 8.08. The molecule has 1 saturated heterocycles. The van der Waals surface area contributed by atoms with Crippen LogP contribution in [0.5, 0.6) is 0 Å². The van der Waals surface area contributed by atoms with Crippen molar-refractivity contribution in [3.8, 4) is 0 Å². The summed E-state index contributed by atoms with van der Waals surface area (Å²) in [6, 6.07) is 7.17. The van der Waals surface area contributed by atoms with Crippen LogP contribution in [0, 0.1) is 0 Å². The zero-order chi connectivity index (χ0) is 12.3. The molecule has 6 heteroatoms. The van der Waals surface area contributed by atoms with Gasteiger partial charge in [-0.15, -0.1) is 0 Å². The quantitative estimate of drug-likeness (QED) is 0.895. The Labute approximate surface area is 110 Å². The highest BCUT2D eigenvalue weighted by Gasteiger charge is 2.26. The summed E-state index contributed by atoms with van der Waals surface area (Å²) in [6.45, 7) is 1.44. The molecule has 1 aliphatic heterocycles. The Bertz CT molecular complexity index is 484. The number of hydrogen-bond donors (Lipinski definition) is 2. The van der Waals surface area contributed by atoms with Crippen LogP contribution in [0.1, 0.15) is 12.8 Å². The minimum absolute atomic E-state index is 0.338. The van der Waals surface area contributed by atoms with Crippen molar-refractivity contribution in [1.82, 2.24) is 5.32 Å². The van der Waals surface area contributed by atoms with E-state index in [-0.39, 0.29) is 5.25 Å². The Hall–Kier alpha value is -0.590. The molecule has 0 saturated carbocycles. The Morgan fingerprint density at radius 1 is 1.41 bits per heavy atom. The van der Waals surface area contributed by atoms with Crippen LogP contribution in [0.2, 0.25) is 0 Å². The maximum atomic E-state index is 12.1. The minimum Gasteiger partial charge on any atom is -0.315 e. The van der Waals surface area contributed by atoms with Gasteiger partial charge in [-0.1, -0.05) is 22.0 Å². The first-order valence-corrected chi connectivity index (χ1v) is 7.90. The van der Waals surface area contributed by atoms with Gasteiger partial charge in [-0.3, -0.25) is 4.72 Å². The highest BCUT2D eigenvalue weighted by Crippen LogP contribution is 2.19. The summed E-state index contributed by atoms with van der Waals surface area (Å²) in [7, 11) is -3.29. The number of benzene rings is 1. The van der Waals surface area contributed by atoms with Gasteiger partial charge in [0.1, 0.15) is 0 Å². The van der Waals surface area contributed by atoms with Crippen molar-refractivity contribution in [1.29, 1.82) is 0 Å². The fourth-order valence-corrected chi connectivity index (χ4v) is 3.72. The summed E-state index contributed by atoms with van der Waals surface area (Å²) in [6.07, 6.45) is 1.63. The topological polar surface area (TPSA) is 58.2 Å². The molecule has 94 valence electrons. The lowest BCUT2D eigenvalue weighted by Gasteiger charge is -2.23. The average Bonchev–Trinajstić information content (AvgIpc) is 2.29. The van der Waals surface area contributed by atoms with Gasteiger partial charge in [0.2, 0.25) is 10.0 Å². The molecular formula is C11H15BrN2O2S. The standard InChI is InChI=1S/C11H15BrN2O2S/c12-9-3-1-4-10(7-9)14-17(15,16)11-5-2-6-13-8-11/h1,3-4,7,11,13-14H,2,5-6,8H2. The van der Waals surface area contributed by atoms with Gasteiger partial charge in [-0.25, -0.2) is 8.42 Å². The van der Waals surface area contributed by atoms with E-state index in [0.717, 1.165) is 23.9 Å². The largest absolute Gasteiger partial charge is 0.315 e. The van der Waals surface area contributed by atoms with Gasteiger partial charge in [0.05, 0.1) is 5.25 Å². The molecule has 2 rings (SSSR count). The van der Waals surface area contributed by atoms with E-state index in [0.29, 0.717) is 12.2 Å². The van der Waals surface area contributed by atoms with Crippen molar-refractivity contribution < 1.29 is 8.42 Å². The van der Waals surface area contributed by atoms with Crippen LogP contribution in [-0.4, -0.2) is 26.8 Å². The predicted molar refractivity (Wildman–Crippen MR) is 72.6 cm³/mol. The van der Waals surface area contributed by atoms with E-state index in [4.69, 9.17) is 0 Å². The summed E-state index contributed by atoms with van der Waals surface area (Å²) in [5, 5.41) is 2.77. The molecule has 1 aliphatic rings. The van der Waals surface area contributed by atoms with Crippen molar-refractivity contribution in [2.75, 3.05) is 17.8 Å². The van der Waals surface area contributed by atoms with Crippen molar-refractivity contribution in [3.05, 3.63) is 28.7 Å². The summed E-state index contributed by atoms with van der Waals surface area (Å²) < 4.78 is 27.7. The van der Waals surface area contributed by atoms with E-state index in [1.165, 1.54) is 0 Å². The van der Waals surface area contributed by atoms with Crippen LogP contribution in [0.3, 0.4) is 0 Å². The van der Waals surface area contributed by atoms with E-state index >= 15 is 0 Å². The number of anilines is 1. The van der Waals surface area contributed by atoms with E-state index in [1.807, 2.05) is 6.07 Å². The molecule has 1 aromatic rings. The van der Waals surface area contributed by atoms with Crippen LogP contribution in [0.25, 0.3) is 0 Å². The number of rotatable bonds is 3. The van der Waals surface area contributed by atoms with Gasteiger partial charge < -0.3 is 5.32 Å². The number of piperidine rings is 1. The molecule has 0 aliphatic carbocycles. The molecule has 1 fully saturated rings.